The van der Waals surface area contributed by atoms with Gasteiger partial charge in [-0.2, -0.15) is 0 Å². The average Bonchev–Trinajstić information content (AvgIpc) is 2.72. The van der Waals surface area contributed by atoms with Crippen LogP contribution < -0.4 is 15.2 Å². The van der Waals surface area contributed by atoms with E-state index >= 15 is 0 Å². The van der Waals surface area contributed by atoms with Crippen molar-refractivity contribution in [1.29, 1.82) is 0 Å². The van der Waals surface area contributed by atoms with E-state index in [1.165, 1.54) is 7.11 Å². The number of carbonyl (C=O) groups is 1. The number of pyridine rings is 1. The largest absolute Gasteiger partial charge is 0.495 e. The number of hydrogen-bond donors (Lipinski definition) is 0. The minimum atomic E-state index is -0.153. The standard InChI is InChI=1S/C23H25ClN2O3/c1-6-26-20-10-7-15(11-18(20)17(14(2)3)13-22(26)27)23(28)25(4)16-8-9-19(24)21(12-16)29-5/h7-14H,6H2,1-5H3. The predicted molar refractivity (Wildman–Crippen MR) is 119 cm³/mol. The van der Waals surface area contributed by atoms with Gasteiger partial charge in [-0.05, 0) is 48.7 Å². The molecule has 0 N–H and O–H groups in total. The second-order valence-corrected chi connectivity index (χ2v) is 7.66. The Balaban J connectivity index is 2.10. The lowest BCUT2D eigenvalue weighted by Gasteiger charge is -2.20. The maximum Gasteiger partial charge on any atom is 0.258 e. The number of amides is 1. The molecule has 1 heterocycles. The first-order valence-electron chi connectivity index (χ1n) is 9.57. The number of fused-ring (bicyclic) bond motifs is 1. The Bertz CT molecular complexity index is 1130. The summed E-state index contributed by atoms with van der Waals surface area (Å²) in [6.07, 6.45) is 0. The molecule has 0 aliphatic rings. The second-order valence-electron chi connectivity index (χ2n) is 7.25. The van der Waals surface area contributed by atoms with Crippen molar-refractivity contribution in [1.82, 2.24) is 4.57 Å². The van der Waals surface area contributed by atoms with Crippen LogP contribution in [0.5, 0.6) is 5.75 Å². The highest BCUT2D eigenvalue weighted by molar-refractivity contribution is 6.32. The number of nitrogens with zero attached hydrogens (tertiary/aromatic N) is 2. The Hall–Kier alpha value is -2.79. The number of anilines is 1. The summed E-state index contributed by atoms with van der Waals surface area (Å²) in [4.78, 5) is 27.2. The number of ether oxygens (including phenoxy) is 1. The Morgan fingerprint density at radius 3 is 2.52 bits per heavy atom. The van der Waals surface area contributed by atoms with Gasteiger partial charge in [0.15, 0.2) is 0 Å². The molecule has 0 spiro atoms. The molecule has 29 heavy (non-hydrogen) atoms. The highest BCUT2D eigenvalue weighted by Gasteiger charge is 2.18. The van der Waals surface area contributed by atoms with Gasteiger partial charge >= 0.3 is 0 Å². The zero-order valence-electron chi connectivity index (χ0n) is 17.3. The van der Waals surface area contributed by atoms with Crippen molar-refractivity contribution in [2.45, 2.75) is 33.2 Å². The topological polar surface area (TPSA) is 51.5 Å². The number of halogens is 1. The molecule has 3 aromatic rings. The molecule has 0 aliphatic carbocycles. The monoisotopic (exact) mass is 412 g/mol. The lowest BCUT2D eigenvalue weighted by atomic mass is 9.97. The summed E-state index contributed by atoms with van der Waals surface area (Å²) >= 11 is 6.09. The molecule has 0 saturated heterocycles. The summed E-state index contributed by atoms with van der Waals surface area (Å²) < 4.78 is 6.98. The minimum Gasteiger partial charge on any atom is -0.495 e. The number of carbonyl (C=O) groups excluding carboxylic acids is 1. The van der Waals surface area contributed by atoms with E-state index in [-0.39, 0.29) is 17.4 Å². The van der Waals surface area contributed by atoms with Gasteiger partial charge in [-0.25, -0.2) is 0 Å². The van der Waals surface area contributed by atoms with E-state index in [9.17, 15) is 9.59 Å². The van der Waals surface area contributed by atoms with Crippen molar-refractivity contribution >= 4 is 34.1 Å². The first-order chi connectivity index (χ1) is 13.8. The van der Waals surface area contributed by atoms with Gasteiger partial charge in [0.25, 0.3) is 11.5 Å². The molecule has 1 amide bonds. The van der Waals surface area contributed by atoms with Crippen LogP contribution in [0, 0.1) is 0 Å². The number of hydrogen-bond acceptors (Lipinski definition) is 3. The van der Waals surface area contributed by atoms with E-state index < -0.39 is 0 Å². The molecular weight excluding hydrogens is 388 g/mol. The lowest BCUT2D eigenvalue weighted by Crippen LogP contribution is -2.26. The van der Waals surface area contributed by atoms with Crippen LogP contribution in [0.2, 0.25) is 5.02 Å². The van der Waals surface area contributed by atoms with Crippen LogP contribution in [-0.2, 0) is 6.54 Å². The van der Waals surface area contributed by atoms with Crippen molar-refractivity contribution in [3.05, 3.63) is 69.0 Å². The highest BCUT2D eigenvalue weighted by Crippen LogP contribution is 2.30. The van der Waals surface area contributed by atoms with Crippen LogP contribution in [0.3, 0.4) is 0 Å². The van der Waals surface area contributed by atoms with Crippen LogP contribution in [0.25, 0.3) is 10.9 Å². The molecule has 0 radical (unpaired) electrons. The molecule has 0 atom stereocenters. The Labute approximate surface area is 175 Å². The summed E-state index contributed by atoms with van der Waals surface area (Å²) in [6.45, 7) is 6.61. The van der Waals surface area contributed by atoms with E-state index in [0.717, 1.165) is 16.5 Å². The Morgan fingerprint density at radius 2 is 1.90 bits per heavy atom. The number of benzene rings is 2. The third-order valence-electron chi connectivity index (χ3n) is 5.16. The van der Waals surface area contributed by atoms with Crippen LogP contribution in [0.15, 0.2) is 47.3 Å². The van der Waals surface area contributed by atoms with E-state index in [1.807, 2.05) is 32.9 Å². The second kappa shape index (κ2) is 8.29. The minimum absolute atomic E-state index is 0.0202. The first-order valence-corrected chi connectivity index (χ1v) is 9.95. The van der Waals surface area contributed by atoms with Crippen LogP contribution >= 0.6 is 11.6 Å². The third-order valence-corrected chi connectivity index (χ3v) is 5.47. The smallest absolute Gasteiger partial charge is 0.258 e. The maximum absolute atomic E-state index is 13.2. The normalized spacial score (nSPS) is 11.1. The summed E-state index contributed by atoms with van der Waals surface area (Å²) in [6, 6.07) is 12.4. The molecule has 0 fully saturated rings. The summed E-state index contributed by atoms with van der Waals surface area (Å²) in [5.41, 5.74) is 3.00. The van der Waals surface area contributed by atoms with Gasteiger partial charge < -0.3 is 14.2 Å². The number of aryl methyl sites for hydroxylation is 1. The molecule has 0 saturated carbocycles. The molecule has 0 bridgehead atoms. The third kappa shape index (κ3) is 3.87. The molecule has 6 heteroatoms. The molecule has 2 aromatic carbocycles. The number of methoxy groups -OCH3 is 1. The van der Waals surface area contributed by atoms with Crippen LogP contribution in [-0.4, -0.2) is 24.6 Å². The van der Waals surface area contributed by atoms with Gasteiger partial charge in [0.2, 0.25) is 0 Å². The van der Waals surface area contributed by atoms with Crippen molar-refractivity contribution < 1.29 is 9.53 Å². The van der Waals surface area contributed by atoms with Gasteiger partial charge in [0.1, 0.15) is 5.75 Å². The molecule has 3 rings (SSSR count). The fraction of sp³-hybridized carbons (Fsp3) is 0.304. The molecular formula is C23H25ClN2O3. The highest BCUT2D eigenvalue weighted by atomic mass is 35.5. The molecule has 1 aromatic heterocycles. The first kappa shape index (κ1) is 20.9. The number of aromatic nitrogens is 1. The molecule has 0 unspecified atom stereocenters. The van der Waals surface area contributed by atoms with Crippen molar-refractivity contribution in [2.75, 3.05) is 19.1 Å². The van der Waals surface area contributed by atoms with Gasteiger partial charge in [-0.3, -0.25) is 9.59 Å². The lowest BCUT2D eigenvalue weighted by molar-refractivity contribution is 0.0993. The zero-order valence-corrected chi connectivity index (χ0v) is 18.1. The molecule has 5 nitrogen and oxygen atoms in total. The van der Waals surface area contributed by atoms with Crippen molar-refractivity contribution in [3.8, 4) is 5.75 Å². The van der Waals surface area contributed by atoms with Gasteiger partial charge in [0.05, 0.1) is 17.6 Å². The Morgan fingerprint density at radius 1 is 1.17 bits per heavy atom. The van der Waals surface area contributed by atoms with Gasteiger partial charge in [-0.1, -0.05) is 25.4 Å². The quantitative estimate of drug-likeness (QED) is 0.587. The Kier molecular flexibility index (Phi) is 5.99. The van der Waals surface area contributed by atoms with Crippen LogP contribution in [0.1, 0.15) is 42.6 Å². The van der Waals surface area contributed by atoms with E-state index in [4.69, 9.17) is 16.3 Å². The van der Waals surface area contributed by atoms with E-state index in [0.29, 0.717) is 28.6 Å². The summed E-state index contributed by atoms with van der Waals surface area (Å²) in [7, 11) is 3.25. The van der Waals surface area contributed by atoms with Gasteiger partial charge in [-0.15, -0.1) is 0 Å². The molecule has 152 valence electrons. The van der Waals surface area contributed by atoms with Crippen molar-refractivity contribution in [3.63, 3.8) is 0 Å². The van der Waals surface area contributed by atoms with Crippen molar-refractivity contribution in [2.24, 2.45) is 0 Å². The van der Waals surface area contributed by atoms with E-state index in [2.05, 4.69) is 0 Å². The summed E-state index contributed by atoms with van der Waals surface area (Å²) in [5.74, 6) is 0.525. The molecule has 0 aliphatic heterocycles. The maximum atomic E-state index is 13.2. The number of rotatable bonds is 5. The average molecular weight is 413 g/mol. The van der Waals surface area contributed by atoms with Crippen LogP contribution in [0.4, 0.5) is 5.69 Å². The van der Waals surface area contributed by atoms with E-state index in [1.54, 1.807) is 46.8 Å². The van der Waals surface area contributed by atoms with Gasteiger partial charge in [0, 0.05) is 42.4 Å². The fourth-order valence-corrected chi connectivity index (χ4v) is 3.71. The predicted octanol–water partition coefficient (Wildman–Crippen LogP) is 5.08. The fourth-order valence-electron chi connectivity index (χ4n) is 3.51. The summed E-state index contributed by atoms with van der Waals surface area (Å²) in [5, 5.41) is 1.41. The SMILES string of the molecule is CCn1c(=O)cc(C(C)C)c2cc(C(=O)N(C)c3ccc(Cl)c(OC)c3)ccc21. The zero-order chi connectivity index (χ0) is 21.3.